The molecule has 7 nitrogen and oxygen atoms in total. The van der Waals surface area contributed by atoms with Crippen LogP contribution in [-0.2, 0) is 14.3 Å². The molecule has 118 valence electrons. The van der Waals surface area contributed by atoms with Gasteiger partial charge in [0.1, 0.15) is 12.1 Å². The summed E-state index contributed by atoms with van der Waals surface area (Å²) in [7, 11) is 1.17. The molecule has 0 radical (unpaired) electrons. The monoisotopic (exact) mass is 314 g/mol. The highest BCUT2D eigenvalue weighted by molar-refractivity contribution is 6.09. The van der Waals surface area contributed by atoms with Crippen LogP contribution in [0.5, 0.6) is 0 Å². The molecular weight excluding hydrogens is 300 g/mol. The summed E-state index contributed by atoms with van der Waals surface area (Å²) in [5.41, 5.74) is 0.294. The second-order valence-electron chi connectivity index (χ2n) is 4.56. The average molecular weight is 314 g/mol. The fourth-order valence-corrected chi connectivity index (χ4v) is 2.08. The van der Waals surface area contributed by atoms with Gasteiger partial charge in [-0.2, -0.15) is 0 Å². The molecule has 0 fully saturated rings. The van der Waals surface area contributed by atoms with Gasteiger partial charge < -0.3 is 4.74 Å². The van der Waals surface area contributed by atoms with Crippen molar-refractivity contribution in [3.8, 4) is 0 Å². The van der Waals surface area contributed by atoms with Crippen LogP contribution in [0.3, 0.4) is 0 Å². The van der Waals surface area contributed by atoms with Gasteiger partial charge in [0, 0.05) is 11.8 Å². The van der Waals surface area contributed by atoms with E-state index in [0.717, 1.165) is 4.90 Å². The zero-order chi connectivity index (χ0) is 16.8. The molecule has 0 saturated heterocycles. The van der Waals surface area contributed by atoms with Crippen LogP contribution >= 0.6 is 0 Å². The van der Waals surface area contributed by atoms with E-state index in [1.54, 1.807) is 36.4 Å². The fraction of sp³-hybridized carbons (Fsp3) is 0.125. The van der Waals surface area contributed by atoms with Gasteiger partial charge in [-0.15, -0.1) is 0 Å². The summed E-state index contributed by atoms with van der Waals surface area (Å²) in [4.78, 5) is 35.7. The first-order valence-corrected chi connectivity index (χ1v) is 6.73. The summed E-state index contributed by atoms with van der Waals surface area (Å²) < 4.78 is 4.50. The quantitative estimate of drug-likeness (QED) is 0.366. The summed E-state index contributed by atoms with van der Waals surface area (Å²) in [6, 6.07) is 14.3. The molecule has 0 atom stereocenters. The van der Waals surface area contributed by atoms with Crippen molar-refractivity contribution in [1.29, 1.82) is 0 Å². The van der Waals surface area contributed by atoms with Gasteiger partial charge in [-0.25, -0.2) is 0 Å². The molecular formula is C16H14N2O5. The standard InChI is InChI=1S/C16H14N2O5/c1-23-16(20)11-15(19)17(12-7-3-2-4-8-12)13-9-5-6-10-14(13)18(21)22/h2-10H,11H2,1H3. The number of benzene rings is 2. The summed E-state index contributed by atoms with van der Waals surface area (Å²) >= 11 is 0. The minimum absolute atomic E-state index is 0.0950. The molecule has 0 aliphatic rings. The first-order chi connectivity index (χ1) is 11.0. The average Bonchev–Trinajstić information content (AvgIpc) is 2.56. The van der Waals surface area contributed by atoms with E-state index in [2.05, 4.69) is 4.74 Å². The maximum Gasteiger partial charge on any atom is 0.315 e. The number of carbonyl (C=O) groups is 2. The number of methoxy groups -OCH3 is 1. The van der Waals surface area contributed by atoms with Crippen molar-refractivity contribution in [2.45, 2.75) is 6.42 Å². The van der Waals surface area contributed by atoms with Gasteiger partial charge in [-0.3, -0.25) is 24.6 Å². The molecule has 0 N–H and O–H groups in total. The van der Waals surface area contributed by atoms with Gasteiger partial charge in [-0.05, 0) is 18.2 Å². The van der Waals surface area contributed by atoms with Crippen LogP contribution in [0.2, 0.25) is 0 Å². The number of anilines is 2. The second kappa shape index (κ2) is 7.17. The Hall–Kier alpha value is -3.22. The highest BCUT2D eigenvalue weighted by Gasteiger charge is 2.27. The Morgan fingerprint density at radius 1 is 1.09 bits per heavy atom. The Kier molecular flexibility index (Phi) is 5.03. The molecule has 7 heteroatoms. The molecule has 0 bridgehead atoms. The lowest BCUT2D eigenvalue weighted by Gasteiger charge is -2.22. The topological polar surface area (TPSA) is 89.8 Å². The van der Waals surface area contributed by atoms with Crippen LogP contribution in [0.15, 0.2) is 54.6 Å². The summed E-state index contributed by atoms with van der Waals surface area (Å²) in [5, 5.41) is 11.2. The summed E-state index contributed by atoms with van der Waals surface area (Å²) in [5.74, 6) is -1.33. The first-order valence-electron chi connectivity index (χ1n) is 6.73. The van der Waals surface area contributed by atoms with Crippen LogP contribution < -0.4 is 4.90 Å². The lowest BCUT2D eigenvalue weighted by atomic mass is 10.2. The number of amides is 1. The first kappa shape index (κ1) is 16.2. The zero-order valence-electron chi connectivity index (χ0n) is 12.3. The minimum atomic E-state index is -0.713. The Morgan fingerprint density at radius 2 is 1.70 bits per heavy atom. The van der Waals surface area contributed by atoms with E-state index in [9.17, 15) is 19.7 Å². The fourth-order valence-electron chi connectivity index (χ4n) is 2.08. The number of nitro benzene ring substituents is 1. The largest absolute Gasteiger partial charge is 0.469 e. The SMILES string of the molecule is COC(=O)CC(=O)N(c1ccccc1)c1ccccc1[N+](=O)[O-]. The zero-order valence-corrected chi connectivity index (χ0v) is 12.3. The number of hydrogen-bond acceptors (Lipinski definition) is 5. The molecule has 2 rings (SSSR count). The number of rotatable bonds is 5. The van der Waals surface area contributed by atoms with Gasteiger partial charge in [0.2, 0.25) is 5.91 Å². The van der Waals surface area contributed by atoms with Crippen LogP contribution in [0.4, 0.5) is 17.1 Å². The maximum absolute atomic E-state index is 12.5. The number of hydrogen-bond donors (Lipinski definition) is 0. The number of esters is 1. The van der Waals surface area contributed by atoms with Crippen LogP contribution in [0, 0.1) is 10.1 Å². The molecule has 1 amide bonds. The highest BCUT2D eigenvalue weighted by atomic mass is 16.6. The molecule has 0 spiro atoms. The molecule has 0 aliphatic carbocycles. The van der Waals surface area contributed by atoms with Crippen molar-refractivity contribution in [1.82, 2.24) is 0 Å². The Bertz CT molecular complexity index is 730. The molecule has 0 aromatic heterocycles. The van der Waals surface area contributed by atoms with E-state index in [1.165, 1.54) is 25.3 Å². The molecule has 0 unspecified atom stereocenters. The predicted molar refractivity (Wildman–Crippen MR) is 83.3 cm³/mol. The van der Waals surface area contributed by atoms with Gasteiger partial charge in [-0.1, -0.05) is 30.3 Å². The third-order valence-corrected chi connectivity index (χ3v) is 3.11. The lowest BCUT2D eigenvalue weighted by molar-refractivity contribution is -0.384. The number of nitro groups is 1. The smallest absolute Gasteiger partial charge is 0.315 e. The summed E-state index contributed by atoms with van der Waals surface area (Å²) in [6.45, 7) is 0. The van der Waals surface area contributed by atoms with Crippen LogP contribution in [0.25, 0.3) is 0 Å². The van der Waals surface area contributed by atoms with E-state index in [0.29, 0.717) is 5.69 Å². The number of ether oxygens (including phenoxy) is 1. The van der Waals surface area contributed by atoms with Gasteiger partial charge in [0.15, 0.2) is 0 Å². The van der Waals surface area contributed by atoms with Crippen molar-refractivity contribution in [3.63, 3.8) is 0 Å². The van der Waals surface area contributed by atoms with Gasteiger partial charge in [0.05, 0.1) is 12.0 Å². The summed E-state index contributed by atoms with van der Waals surface area (Å²) in [6.07, 6.45) is -0.516. The molecule has 2 aromatic rings. The Labute approximate surface area is 132 Å². The van der Waals surface area contributed by atoms with E-state index >= 15 is 0 Å². The molecule has 0 aliphatic heterocycles. The van der Waals surface area contributed by atoms with E-state index in [1.807, 2.05) is 0 Å². The predicted octanol–water partition coefficient (Wildman–Crippen LogP) is 2.82. The Balaban J connectivity index is 2.53. The van der Waals surface area contributed by atoms with E-state index < -0.39 is 23.2 Å². The van der Waals surface area contributed by atoms with Crippen LogP contribution in [0.1, 0.15) is 6.42 Å². The molecule has 0 heterocycles. The molecule has 2 aromatic carbocycles. The maximum atomic E-state index is 12.5. The Morgan fingerprint density at radius 3 is 2.30 bits per heavy atom. The third kappa shape index (κ3) is 3.70. The van der Waals surface area contributed by atoms with Crippen molar-refractivity contribution >= 4 is 28.9 Å². The number of carbonyl (C=O) groups excluding carboxylic acids is 2. The van der Waals surface area contributed by atoms with E-state index in [-0.39, 0.29) is 11.4 Å². The van der Waals surface area contributed by atoms with Crippen molar-refractivity contribution in [2.24, 2.45) is 0 Å². The van der Waals surface area contributed by atoms with Gasteiger partial charge >= 0.3 is 5.97 Å². The third-order valence-electron chi connectivity index (χ3n) is 3.11. The highest BCUT2D eigenvalue weighted by Crippen LogP contribution is 2.33. The normalized spacial score (nSPS) is 9.96. The van der Waals surface area contributed by atoms with Crippen LogP contribution in [-0.4, -0.2) is 23.9 Å². The second-order valence-corrected chi connectivity index (χ2v) is 4.56. The van der Waals surface area contributed by atoms with E-state index in [4.69, 9.17) is 0 Å². The van der Waals surface area contributed by atoms with Crippen molar-refractivity contribution in [2.75, 3.05) is 12.0 Å². The minimum Gasteiger partial charge on any atom is -0.469 e. The number of para-hydroxylation sites is 3. The van der Waals surface area contributed by atoms with Crippen molar-refractivity contribution in [3.05, 3.63) is 64.7 Å². The number of nitrogens with zero attached hydrogens (tertiary/aromatic N) is 2. The molecule has 0 saturated carbocycles. The van der Waals surface area contributed by atoms with Crippen molar-refractivity contribution < 1.29 is 19.2 Å². The molecule has 23 heavy (non-hydrogen) atoms. The lowest BCUT2D eigenvalue weighted by Crippen LogP contribution is -2.28. The van der Waals surface area contributed by atoms with Gasteiger partial charge in [0.25, 0.3) is 5.69 Å².